The third-order valence-corrected chi connectivity index (χ3v) is 2.26. The normalized spacial score (nSPS) is 10.6. The van der Waals surface area contributed by atoms with Gasteiger partial charge in [-0.05, 0) is 25.1 Å². The van der Waals surface area contributed by atoms with Crippen LogP contribution in [0.1, 0.15) is 17.4 Å². The number of carboxylic acids is 1. The maximum Gasteiger partial charge on any atom is 0.352 e. The topological polar surface area (TPSA) is 42.2 Å². The molecular formula is C11H10NO2. The van der Waals surface area contributed by atoms with Crippen molar-refractivity contribution in [1.82, 2.24) is 4.57 Å². The van der Waals surface area contributed by atoms with Crippen LogP contribution < -0.4 is 0 Å². The summed E-state index contributed by atoms with van der Waals surface area (Å²) in [5.41, 5.74) is 1.25. The molecule has 0 bridgehead atoms. The highest BCUT2D eigenvalue weighted by Gasteiger charge is 2.12. The van der Waals surface area contributed by atoms with Crippen molar-refractivity contribution in [1.29, 1.82) is 0 Å². The number of aromatic carboxylic acids is 1. The zero-order valence-corrected chi connectivity index (χ0v) is 7.82. The van der Waals surface area contributed by atoms with E-state index >= 15 is 0 Å². The number of fused-ring (bicyclic) bond motifs is 1. The minimum atomic E-state index is -0.892. The molecule has 0 fully saturated rings. The summed E-state index contributed by atoms with van der Waals surface area (Å²) in [5, 5.41) is 9.82. The second-order valence-corrected chi connectivity index (χ2v) is 3.05. The molecule has 1 aromatic carbocycles. The van der Waals surface area contributed by atoms with E-state index in [0.717, 1.165) is 10.9 Å². The summed E-state index contributed by atoms with van der Waals surface area (Å²) in [7, 11) is 0. The van der Waals surface area contributed by atoms with Gasteiger partial charge >= 0.3 is 5.97 Å². The molecule has 2 rings (SSSR count). The summed E-state index contributed by atoms with van der Waals surface area (Å²) >= 11 is 0. The Hall–Kier alpha value is -1.77. The van der Waals surface area contributed by atoms with Crippen molar-refractivity contribution in [2.45, 2.75) is 13.5 Å². The Labute approximate surface area is 81.6 Å². The molecule has 3 nitrogen and oxygen atoms in total. The van der Waals surface area contributed by atoms with Crippen LogP contribution in [-0.4, -0.2) is 15.6 Å². The van der Waals surface area contributed by atoms with Crippen LogP contribution in [0, 0.1) is 6.07 Å². The monoisotopic (exact) mass is 188 g/mol. The van der Waals surface area contributed by atoms with E-state index in [4.69, 9.17) is 5.11 Å². The third kappa shape index (κ3) is 1.18. The smallest absolute Gasteiger partial charge is 0.352 e. The van der Waals surface area contributed by atoms with Gasteiger partial charge in [-0.25, -0.2) is 4.79 Å². The number of rotatable bonds is 2. The van der Waals surface area contributed by atoms with Gasteiger partial charge in [0.1, 0.15) is 5.69 Å². The van der Waals surface area contributed by atoms with Crippen LogP contribution >= 0.6 is 0 Å². The van der Waals surface area contributed by atoms with E-state index in [9.17, 15) is 4.79 Å². The van der Waals surface area contributed by atoms with Crippen LogP contribution in [0.4, 0.5) is 0 Å². The highest BCUT2D eigenvalue weighted by molar-refractivity contribution is 5.94. The third-order valence-electron chi connectivity index (χ3n) is 2.26. The van der Waals surface area contributed by atoms with E-state index in [1.54, 1.807) is 16.7 Å². The van der Waals surface area contributed by atoms with Crippen molar-refractivity contribution in [3.63, 3.8) is 0 Å². The summed E-state index contributed by atoms with van der Waals surface area (Å²) in [4.78, 5) is 10.9. The minimum Gasteiger partial charge on any atom is -0.477 e. The average molecular weight is 188 g/mol. The van der Waals surface area contributed by atoms with Crippen molar-refractivity contribution in [3.8, 4) is 0 Å². The molecule has 0 aliphatic carbocycles. The van der Waals surface area contributed by atoms with Gasteiger partial charge in [0.25, 0.3) is 0 Å². The van der Waals surface area contributed by atoms with E-state index in [1.165, 1.54) is 0 Å². The fourth-order valence-electron chi connectivity index (χ4n) is 1.65. The van der Waals surface area contributed by atoms with Crippen LogP contribution in [0.15, 0.2) is 24.3 Å². The van der Waals surface area contributed by atoms with Gasteiger partial charge in [0, 0.05) is 17.4 Å². The van der Waals surface area contributed by atoms with Crippen molar-refractivity contribution in [2.75, 3.05) is 0 Å². The Morgan fingerprint density at radius 2 is 2.43 bits per heavy atom. The molecule has 1 N–H and O–H groups in total. The summed E-state index contributed by atoms with van der Waals surface area (Å²) in [6, 6.07) is 10.2. The lowest BCUT2D eigenvalue weighted by Gasteiger charge is -2.02. The molecule has 0 atom stereocenters. The second-order valence-electron chi connectivity index (χ2n) is 3.05. The molecule has 2 aromatic rings. The lowest BCUT2D eigenvalue weighted by Crippen LogP contribution is -2.06. The van der Waals surface area contributed by atoms with E-state index in [1.807, 2.05) is 19.1 Å². The minimum absolute atomic E-state index is 0.324. The Balaban J connectivity index is 2.78. The zero-order chi connectivity index (χ0) is 10.1. The van der Waals surface area contributed by atoms with Gasteiger partial charge in [0.05, 0.1) is 0 Å². The average Bonchev–Trinajstić information content (AvgIpc) is 2.56. The van der Waals surface area contributed by atoms with Crippen molar-refractivity contribution in [2.24, 2.45) is 0 Å². The fourth-order valence-corrected chi connectivity index (χ4v) is 1.65. The van der Waals surface area contributed by atoms with Crippen molar-refractivity contribution in [3.05, 3.63) is 36.0 Å². The molecule has 14 heavy (non-hydrogen) atoms. The number of aryl methyl sites for hydroxylation is 1. The molecule has 1 heterocycles. The van der Waals surface area contributed by atoms with Gasteiger partial charge in [-0.1, -0.05) is 12.1 Å². The molecule has 0 spiro atoms. The number of aromatic nitrogens is 1. The number of benzene rings is 1. The molecule has 1 radical (unpaired) electrons. The lowest BCUT2D eigenvalue weighted by atomic mass is 10.2. The van der Waals surface area contributed by atoms with Gasteiger partial charge in [-0.15, -0.1) is 0 Å². The molecule has 0 unspecified atom stereocenters. The maximum atomic E-state index is 10.9. The van der Waals surface area contributed by atoms with Gasteiger partial charge in [0.15, 0.2) is 0 Å². The van der Waals surface area contributed by atoms with Crippen LogP contribution in [0.2, 0.25) is 0 Å². The van der Waals surface area contributed by atoms with Crippen LogP contribution in [0.25, 0.3) is 10.9 Å². The number of nitrogens with zero attached hydrogens (tertiary/aromatic N) is 1. The number of carbonyl (C=O) groups is 1. The molecule has 0 amide bonds. The quantitative estimate of drug-likeness (QED) is 0.784. The molecule has 71 valence electrons. The maximum absolute atomic E-state index is 10.9. The predicted molar refractivity (Wildman–Crippen MR) is 53.4 cm³/mol. The second kappa shape index (κ2) is 3.18. The Morgan fingerprint density at radius 3 is 3.07 bits per heavy atom. The van der Waals surface area contributed by atoms with E-state index in [-0.39, 0.29) is 0 Å². The number of hydrogen-bond acceptors (Lipinski definition) is 1. The van der Waals surface area contributed by atoms with Crippen LogP contribution in [0.3, 0.4) is 0 Å². The summed E-state index contributed by atoms with van der Waals surface area (Å²) in [6.45, 7) is 2.59. The zero-order valence-electron chi connectivity index (χ0n) is 7.82. The van der Waals surface area contributed by atoms with Crippen molar-refractivity contribution >= 4 is 16.9 Å². The summed E-state index contributed by atoms with van der Waals surface area (Å²) in [5.74, 6) is -0.892. The Kier molecular flexibility index (Phi) is 2.00. The van der Waals surface area contributed by atoms with Crippen molar-refractivity contribution < 1.29 is 9.90 Å². The molecule has 0 aliphatic heterocycles. The highest BCUT2D eigenvalue weighted by Crippen LogP contribution is 2.18. The Morgan fingerprint density at radius 1 is 1.64 bits per heavy atom. The fraction of sp³-hybridized carbons (Fsp3) is 0.182. The van der Waals surface area contributed by atoms with Gasteiger partial charge in [-0.3, -0.25) is 0 Å². The van der Waals surface area contributed by atoms with Crippen LogP contribution in [0.5, 0.6) is 0 Å². The largest absolute Gasteiger partial charge is 0.477 e. The standard InChI is InChI=1S/C11H10NO2/c1-2-12-9-6-4-3-5-8(9)7-10(12)11(13)14/h3-4,6-7H,2H2,1H3,(H,13,14). The summed E-state index contributed by atoms with van der Waals surface area (Å²) in [6.07, 6.45) is 0. The molecule has 0 saturated carbocycles. The first kappa shape index (κ1) is 8.81. The number of carboxylic acid groups (broad SMARTS) is 1. The molecule has 1 aromatic heterocycles. The summed E-state index contributed by atoms with van der Waals surface area (Å²) < 4.78 is 1.77. The molecule has 0 saturated heterocycles. The Bertz CT molecular complexity index is 485. The molecular weight excluding hydrogens is 178 g/mol. The number of hydrogen-bond donors (Lipinski definition) is 1. The first-order chi connectivity index (χ1) is 6.74. The predicted octanol–water partition coefficient (Wildman–Crippen LogP) is 2.16. The highest BCUT2D eigenvalue weighted by atomic mass is 16.4. The van der Waals surface area contributed by atoms with E-state index in [2.05, 4.69) is 6.07 Å². The molecule has 0 aliphatic rings. The first-order valence-corrected chi connectivity index (χ1v) is 4.47. The van der Waals surface area contributed by atoms with E-state index < -0.39 is 5.97 Å². The van der Waals surface area contributed by atoms with Gasteiger partial charge in [-0.2, -0.15) is 0 Å². The van der Waals surface area contributed by atoms with Crippen LogP contribution in [-0.2, 0) is 6.54 Å². The molecule has 3 heteroatoms. The van der Waals surface area contributed by atoms with E-state index in [0.29, 0.717) is 12.2 Å². The van der Waals surface area contributed by atoms with Gasteiger partial charge in [0.2, 0.25) is 0 Å². The lowest BCUT2D eigenvalue weighted by molar-refractivity contribution is 0.0686. The first-order valence-electron chi connectivity index (χ1n) is 4.47. The van der Waals surface area contributed by atoms with Gasteiger partial charge < -0.3 is 9.67 Å². The SMILES string of the molecule is CCn1c(C(=O)O)cc2[c]cccc21.